The van der Waals surface area contributed by atoms with Crippen molar-refractivity contribution < 1.29 is 14.6 Å². The third-order valence-corrected chi connectivity index (χ3v) is 3.22. The summed E-state index contributed by atoms with van der Waals surface area (Å²) in [5.41, 5.74) is 1.04. The number of carboxylic acid groups (broad SMARTS) is 1. The lowest BCUT2D eigenvalue weighted by Crippen LogP contribution is -2.00. The predicted molar refractivity (Wildman–Crippen MR) is 65.9 cm³/mol. The normalized spacial score (nSPS) is 14.9. The highest BCUT2D eigenvalue weighted by Gasteiger charge is 2.23. The van der Waals surface area contributed by atoms with Gasteiger partial charge in [0.2, 0.25) is 5.88 Å². The Kier molecular flexibility index (Phi) is 2.47. The van der Waals surface area contributed by atoms with Gasteiger partial charge in [0.25, 0.3) is 0 Å². The summed E-state index contributed by atoms with van der Waals surface area (Å²) in [5.74, 6) is 0.329. The molecule has 18 heavy (non-hydrogen) atoms. The third kappa shape index (κ3) is 1.92. The zero-order valence-corrected chi connectivity index (χ0v) is 10.1. The standard InChI is InChI=1S/C13H14N2O3/c1-15-11-6-9(13(16)17)4-5-10(11)12(14-15)18-7-8-2-3-8/h4-6,8H,2-3,7H2,1H3,(H,16,17). The Bertz CT molecular complexity index is 614. The molecule has 0 radical (unpaired) electrons. The summed E-state index contributed by atoms with van der Waals surface area (Å²) < 4.78 is 7.34. The Morgan fingerprint density at radius 3 is 3.00 bits per heavy atom. The monoisotopic (exact) mass is 246 g/mol. The number of fused-ring (bicyclic) bond motifs is 1. The summed E-state index contributed by atoms with van der Waals surface area (Å²) in [6, 6.07) is 4.96. The van der Waals surface area contributed by atoms with Gasteiger partial charge in [-0.3, -0.25) is 4.68 Å². The Balaban J connectivity index is 1.97. The molecule has 1 heterocycles. The van der Waals surface area contributed by atoms with Gasteiger partial charge in [-0.2, -0.15) is 0 Å². The molecule has 0 atom stereocenters. The first-order valence-corrected chi connectivity index (χ1v) is 5.98. The van der Waals surface area contributed by atoms with Crippen molar-refractivity contribution in [3.05, 3.63) is 23.8 Å². The zero-order valence-electron chi connectivity index (χ0n) is 10.1. The second kappa shape index (κ2) is 4.01. The van der Waals surface area contributed by atoms with Crippen LogP contribution in [0.1, 0.15) is 23.2 Å². The van der Waals surface area contributed by atoms with Crippen molar-refractivity contribution in [2.24, 2.45) is 13.0 Å². The van der Waals surface area contributed by atoms with E-state index < -0.39 is 5.97 Å². The number of hydrogen-bond acceptors (Lipinski definition) is 3. The first-order valence-electron chi connectivity index (χ1n) is 5.98. The van der Waals surface area contributed by atoms with Crippen LogP contribution in [-0.2, 0) is 7.05 Å². The molecule has 0 amide bonds. The van der Waals surface area contributed by atoms with E-state index >= 15 is 0 Å². The molecule has 1 aromatic heterocycles. The largest absolute Gasteiger partial charge is 0.478 e. The van der Waals surface area contributed by atoms with E-state index in [1.807, 2.05) is 0 Å². The van der Waals surface area contributed by atoms with Crippen molar-refractivity contribution >= 4 is 16.9 Å². The molecule has 0 spiro atoms. The maximum absolute atomic E-state index is 10.9. The van der Waals surface area contributed by atoms with Crippen LogP contribution in [0.25, 0.3) is 10.9 Å². The highest BCUT2D eigenvalue weighted by Crippen LogP contribution is 2.31. The van der Waals surface area contributed by atoms with Crippen LogP contribution in [0.4, 0.5) is 0 Å². The molecule has 1 aliphatic carbocycles. The van der Waals surface area contributed by atoms with E-state index in [0.29, 0.717) is 18.4 Å². The van der Waals surface area contributed by atoms with Crippen LogP contribution >= 0.6 is 0 Å². The van der Waals surface area contributed by atoms with Crippen molar-refractivity contribution in [3.63, 3.8) is 0 Å². The topological polar surface area (TPSA) is 64.4 Å². The summed E-state index contributed by atoms with van der Waals surface area (Å²) in [6.45, 7) is 0.701. The SMILES string of the molecule is Cn1nc(OCC2CC2)c2ccc(C(=O)O)cc21. The molecule has 5 heteroatoms. The first-order chi connectivity index (χ1) is 8.65. The van der Waals surface area contributed by atoms with Gasteiger partial charge < -0.3 is 9.84 Å². The van der Waals surface area contributed by atoms with Crippen LogP contribution in [0.5, 0.6) is 5.88 Å². The van der Waals surface area contributed by atoms with Gasteiger partial charge >= 0.3 is 5.97 Å². The minimum atomic E-state index is -0.932. The van der Waals surface area contributed by atoms with Gasteiger partial charge in [0.05, 0.1) is 23.1 Å². The van der Waals surface area contributed by atoms with Crippen molar-refractivity contribution in [3.8, 4) is 5.88 Å². The number of hydrogen-bond donors (Lipinski definition) is 1. The summed E-state index contributed by atoms with van der Waals surface area (Å²) in [6.07, 6.45) is 2.46. The molecule has 3 rings (SSSR count). The number of aromatic nitrogens is 2. The molecule has 2 aromatic rings. The van der Waals surface area contributed by atoms with Gasteiger partial charge in [-0.05, 0) is 37.0 Å². The molecule has 1 aliphatic rings. The third-order valence-electron chi connectivity index (χ3n) is 3.22. The predicted octanol–water partition coefficient (Wildman–Crippen LogP) is 2.06. The minimum Gasteiger partial charge on any atom is -0.478 e. The second-order valence-corrected chi connectivity index (χ2v) is 4.72. The number of rotatable bonds is 4. The highest BCUT2D eigenvalue weighted by atomic mass is 16.5. The lowest BCUT2D eigenvalue weighted by molar-refractivity contribution is 0.0697. The van der Waals surface area contributed by atoms with Gasteiger partial charge in [0.15, 0.2) is 0 Å². The van der Waals surface area contributed by atoms with Gasteiger partial charge in [-0.25, -0.2) is 4.79 Å². The quantitative estimate of drug-likeness (QED) is 0.896. The summed E-state index contributed by atoms with van der Waals surface area (Å²) in [4.78, 5) is 10.9. The maximum atomic E-state index is 10.9. The van der Waals surface area contributed by atoms with E-state index in [9.17, 15) is 4.79 Å². The molecule has 94 valence electrons. The van der Waals surface area contributed by atoms with Gasteiger partial charge in [0, 0.05) is 7.05 Å². The number of aromatic carboxylic acids is 1. The molecule has 1 saturated carbocycles. The van der Waals surface area contributed by atoms with Crippen LogP contribution in [-0.4, -0.2) is 27.5 Å². The Morgan fingerprint density at radius 1 is 1.56 bits per heavy atom. The molecule has 0 bridgehead atoms. The van der Waals surface area contributed by atoms with Crippen LogP contribution in [0, 0.1) is 5.92 Å². The summed E-state index contributed by atoms with van der Waals surface area (Å²) in [7, 11) is 1.79. The van der Waals surface area contributed by atoms with Crippen LogP contribution in [0.2, 0.25) is 0 Å². The van der Waals surface area contributed by atoms with E-state index in [1.165, 1.54) is 12.8 Å². The second-order valence-electron chi connectivity index (χ2n) is 4.72. The van der Waals surface area contributed by atoms with Gasteiger partial charge in [-0.15, -0.1) is 5.10 Å². The lowest BCUT2D eigenvalue weighted by Gasteiger charge is -2.01. The maximum Gasteiger partial charge on any atom is 0.335 e. The fourth-order valence-electron chi connectivity index (χ4n) is 1.95. The average Bonchev–Trinajstić information content (AvgIpc) is 3.12. The lowest BCUT2D eigenvalue weighted by atomic mass is 10.1. The summed E-state index contributed by atoms with van der Waals surface area (Å²) >= 11 is 0. The van der Waals surface area contributed by atoms with E-state index in [2.05, 4.69) is 5.10 Å². The highest BCUT2D eigenvalue weighted by molar-refractivity contribution is 5.94. The number of nitrogens with zero attached hydrogens (tertiary/aromatic N) is 2. The molecule has 0 saturated heterocycles. The molecule has 1 aromatic carbocycles. The molecule has 1 fully saturated rings. The van der Waals surface area contributed by atoms with Gasteiger partial charge in [-0.1, -0.05) is 0 Å². The Labute approximate surface area is 104 Å². The van der Waals surface area contributed by atoms with Gasteiger partial charge in [0.1, 0.15) is 0 Å². The molecule has 0 unspecified atom stereocenters. The smallest absolute Gasteiger partial charge is 0.335 e. The molecule has 1 N–H and O–H groups in total. The van der Waals surface area contributed by atoms with E-state index in [-0.39, 0.29) is 5.56 Å². The molecule has 5 nitrogen and oxygen atoms in total. The van der Waals surface area contributed by atoms with Crippen LogP contribution < -0.4 is 4.74 Å². The van der Waals surface area contributed by atoms with E-state index in [1.54, 1.807) is 29.9 Å². The Hall–Kier alpha value is -2.04. The number of benzene rings is 1. The molecular weight excluding hydrogens is 232 g/mol. The summed E-state index contributed by atoms with van der Waals surface area (Å²) in [5, 5.41) is 14.1. The van der Waals surface area contributed by atoms with E-state index in [4.69, 9.17) is 9.84 Å². The van der Waals surface area contributed by atoms with Crippen molar-refractivity contribution in [1.82, 2.24) is 9.78 Å². The number of carboxylic acids is 1. The first kappa shape index (κ1) is 11.1. The van der Waals surface area contributed by atoms with Crippen molar-refractivity contribution in [1.29, 1.82) is 0 Å². The number of carbonyl (C=O) groups is 1. The van der Waals surface area contributed by atoms with Crippen molar-refractivity contribution in [2.75, 3.05) is 6.61 Å². The molecular formula is C13H14N2O3. The number of ether oxygens (including phenoxy) is 1. The zero-order chi connectivity index (χ0) is 12.7. The molecule has 0 aliphatic heterocycles. The minimum absolute atomic E-state index is 0.263. The fraction of sp³-hybridized carbons (Fsp3) is 0.385. The van der Waals surface area contributed by atoms with Crippen LogP contribution in [0.3, 0.4) is 0 Å². The Morgan fingerprint density at radius 2 is 2.33 bits per heavy atom. The average molecular weight is 246 g/mol. The fourth-order valence-corrected chi connectivity index (χ4v) is 1.95. The van der Waals surface area contributed by atoms with Crippen LogP contribution in [0.15, 0.2) is 18.2 Å². The van der Waals surface area contributed by atoms with E-state index in [0.717, 1.165) is 10.9 Å². The number of aryl methyl sites for hydroxylation is 1. The van der Waals surface area contributed by atoms with Crippen molar-refractivity contribution in [2.45, 2.75) is 12.8 Å².